The lowest BCUT2D eigenvalue weighted by atomic mass is 9.65. The topological polar surface area (TPSA) is 29.3 Å². The molecular weight excluding hydrogens is 136 g/mol. The summed E-state index contributed by atoms with van der Waals surface area (Å²) in [5.74, 6) is 0.913. The molecule has 0 aromatic rings. The molecule has 0 aromatic heterocycles. The van der Waals surface area contributed by atoms with Gasteiger partial charge < -0.3 is 5.73 Å². The van der Waals surface area contributed by atoms with E-state index in [0.29, 0.717) is 6.04 Å². The molecule has 0 spiro atoms. The lowest BCUT2D eigenvalue weighted by molar-refractivity contribution is -0.0124. The van der Waals surface area contributed by atoms with E-state index >= 15 is 0 Å². The highest BCUT2D eigenvalue weighted by Crippen LogP contribution is 2.41. The number of hydrogen-bond donors (Lipinski definition) is 1. The Balaban J connectivity index is 1.99. The number of nitrogens with two attached hydrogens (primary N) is 1. The minimum Gasteiger partial charge on any atom is -0.324 e. The molecule has 64 valence electrons. The van der Waals surface area contributed by atoms with Crippen LogP contribution in [-0.4, -0.2) is 29.6 Å². The van der Waals surface area contributed by atoms with Gasteiger partial charge in [0.1, 0.15) is 0 Å². The average molecular weight is 154 g/mol. The lowest BCUT2D eigenvalue weighted by Gasteiger charge is -2.55. The average Bonchev–Trinajstić information content (AvgIpc) is 1.84. The van der Waals surface area contributed by atoms with Crippen molar-refractivity contribution < 1.29 is 0 Å². The molecule has 3 fully saturated rings. The fourth-order valence-corrected chi connectivity index (χ4v) is 2.54. The van der Waals surface area contributed by atoms with Gasteiger partial charge in [-0.05, 0) is 32.6 Å². The van der Waals surface area contributed by atoms with E-state index in [0.717, 1.165) is 12.5 Å². The second-order valence-electron chi connectivity index (χ2n) is 4.66. The Morgan fingerprint density at radius 1 is 1.45 bits per heavy atom. The normalized spacial score (nSPS) is 44.2. The van der Waals surface area contributed by atoms with Crippen LogP contribution in [0.2, 0.25) is 0 Å². The number of nitrogens with zero attached hydrogens (tertiary/aromatic N) is 1. The summed E-state index contributed by atoms with van der Waals surface area (Å²) < 4.78 is 0. The third-order valence-corrected chi connectivity index (χ3v) is 3.13. The van der Waals surface area contributed by atoms with Crippen molar-refractivity contribution >= 4 is 0 Å². The molecule has 0 unspecified atom stereocenters. The zero-order chi connectivity index (χ0) is 8.06. The molecule has 3 rings (SSSR count). The van der Waals surface area contributed by atoms with Gasteiger partial charge in [0, 0.05) is 24.7 Å². The number of hydrogen-bond acceptors (Lipinski definition) is 2. The SMILES string of the molecule is CC(C)N1CC2CC(N)(C2)C1. The molecule has 0 atom stereocenters. The van der Waals surface area contributed by atoms with Gasteiger partial charge in [0.15, 0.2) is 0 Å². The van der Waals surface area contributed by atoms with Crippen molar-refractivity contribution in [3.63, 3.8) is 0 Å². The monoisotopic (exact) mass is 154 g/mol. The Labute approximate surface area is 68.7 Å². The van der Waals surface area contributed by atoms with E-state index in [-0.39, 0.29) is 5.54 Å². The predicted octanol–water partition coefficient (Wildman–Crippen LogP) is 0.818. The van der Waals surface area contributed by atoms with Gasteiger partial charge in [0.25, 0.3) is 0 Å². The van der Waals surface area contributed by atoms with Crippen LogP contribution in [0.1, 0.15) is 26.7 Å². The molecule has 2 heteroatoms. The van der Waals surface area contributed by atoms with Crippen molar-refractivity contribution in [2.24, 2.45) is 11.7 Å². The zero-order valence-corrected chi connectivity index (χ0v) is 7.51. The van der Waals surface area contributed by atoms with Crippen LogP contribution in [0.15, 0.2) is 0 Å². The van der Waals surface area contributed by atoms with Crippen LogP contribution in [0.5, 0.6) is 0 Å². The first-order chi connectivity index (χ1) is 5.09. The standard InChI is InChI=1S/C9H18N2/c1-7(2)11-5-8-3-9(10,4-8)6-11/h7-8H,3-6,10H2,1-2H3. The Morgan fingerprint density at radius 2 is 2.09 bits per heavy atom. The molecule has 0 radical (unpaired) electrons. The highest BCUT2D eigenvalue weighted by Gasteiger charge is 2.47. The molecule has 3 aliphatic rings. The fourth-order valence-electron chi connectivity index (χ4n) is 2.54. The summed E-state index contributed by atoms with van der Waals surface area (Å²) in [6.45, 7) is 6.93. The van der Waals surface area contributed by atoms with Crippen LogP contribution in [0.4, 0.5) is 0 Å². The Hall–Kier alpha value is -0.0800. The Bertz CT molecular complexity index is 159. The van der Waals surface area contributed by atoms with Gasteiger partial charge >= 0.3 is 0 Å². The van der Waals surface area contributed by atoms with Gasteiger partial charge in [-0.15, -0.1) is 0 Å². The third kappa shape index (κ3) is 1.18. The van der Waals surface area contributed by atoms with Crippen molar-refractivity contribution in [3.05, 3.63) is 0 Å². The molecular formula is C9H18N2. The summed E-state index contributed by atoms with van der Waals surface area (Å²) in [7, 11) is 0. The summed E-state index contributed by atoms with van der Waals surface area (Å²) in [5.41, 5.74) is 6.33. The largest absolute Gasteiger partial charge is 0.324 e. The molecule has 2 N–H and O–H groups in total. The molecule has 1 aliphatic carbocycles. The van der Waals surface area contributed by atoms with E-state index in [1.165, 1.54) is 19.4 Å². The Morgan fingerprint density at radius 3 is 2.45 bits per heavy atom. The molecule has 1 saturated carbocycles. The highest BCUT2D eigenvalue weighted by molar-refractivity contribution is 5.06. The van der Waals surface area contributed by atoms with Crippen LogP contribution in [-0.2, 0) is 0 Å². The quantitative estimate of drug-likeness (QED) is 0.606. The molecule has 2 bridgehead atoms. The van der Waals surface area contributed by atoms with Crippen LogP contribution < -0.4 is 5.73 Å². The summed E-state index contributed by atoms with van der Waals surface area (Å²) in [5, 5.41) is 0. The molecule has 0 amide bonds. The maximum atomic E-state index is 6.13. The van der Waals surface area contributed by atoms with Gasteiger partial charge in [0.05, 0.1) is 0 Å². The summed E-state index contributed by atoms with van der Waals surface area (Å²) in [6.07, 6.45) is 2.55. The van der Waals surface area contributed by atoms with Gasteiger partial charge in [-0.3, -0.25) is 4.90 Å². The first-order valence-corrected chi connectivity index (χ1v) is 4.62. The molecule has 11 heavy (non-hydrogen) atoms. The van der Waals surface area contributed by atoms with Crippen molar-refractivity contribution in [2.75, 3.05) is 13.1 Å². The van der Waals surface area contributed by atoms with Crippen molar-refractivity contribution in [3.8, 4) is 0 Å². The van der Waals surface area contributed by atoms with Crippen molar-refractivity contribution in [1.82, 2.24) is 4.90 Å². The first kappa shape index (κ1) is 7.56. The summed E-state index contributed by atoms with van der Waals surface area (Å²) in [6, 6.07) is 0.682. The second kappa shape index (κ2) is 2.20. The zero-order valence-electron chi connectivity index (χ0n) is 7.51. The fraction of sp³-hybridized carbons (Fsp3) is 1.00. The summed E-state index contributed by atoms with van der Waals surface area (Å²) in [4.78, 5) is 2.51. The van der Waals surface area contributed by atoms with Crippen LogP contribution in [0.3, 0.4) is 0 Å². The minimum absolute atomic E-state index is 0.202. The predicted molar refractivity (Wildman–Crippen MR) is 46.4 cm³/mol. The van der Waals surface area contributed by atoms with E-state index < -0.39 is 0 Å². The molecule has 2 aliphatic heterocycles. The smallest absolute Gasteiger partial charge is 0.0289 e. The van der Waals surface area contributed by atoms with Crippen molar-refractivity contribution in [1.29, 1.82) is 0 Å². The van der Waals surface area contributed by atoms with Gasteiger partial charge in [-0.1, -0.05) is 0 Å². The van der Waals surface area contributed by atoms with E-state index in [4.69, 9.17) is 5.73 Å². The highest BCUT2D eigenvalue weighted by atomic mass is 15.2. The molecule has 2 nitrogen and oxygen atoms in total. The summed E-state index contributed by atoms with van der Waals surface area (Å²) >= 11 is 0. The van der Waals surface area contributed by atoms with Crippen LogP contribution in [0.25, 0.3) is 0 Å². The maximum absolute atomic E-state index is 6.13. The van der Waals surface area contributed by atoms with Crippen molar-refractivity contribution in [2.45, 2.75) is 38.3 Å². The van der Waals surface area contributed by atoms with E-state index in [1.54, 1.807) is 0 Å². The maximum Gasteiger partial charge on any atom is 0.0289 e. The first-order valence-electron chi connectivity index (χ1n) is 4.62. The number of rotatable bonds is 1. The van der Waals surface area contributed by atoms with E-state index in [9.17, 15) is 0 Å². The van der Waals surface area contributed by atoms with Gasteiger partial charge in [0.2, 0.25) is 0 Å². The van der Waals surface area contributed by atoms with E-state index in [1.807, 2.05) is 0 Å². The third-order valence-electron chi connectivity index (χ3n) is 3.13. The molecule has 2 saturated heterocycles. The number of fused-ring (bicyclic) bond motifs is 2. The number of piperidine rings is 2. The van der Waals surface area contributed by atoms with Gasteiger partial charge in [-0.2, -0.15) is 0 Å². The van der Waals surface area contributed by atoms with Gasteiger partial charge in [-0.25, -0.2) is 0 Å². The lowest BCUT2D eigenvalue weighted by Crippen LogP contribution is -2.66. The second-order valence-corrected chi connectivity index (χ2v) is 4.66. The van der Waals surface area contributed by atoms with Crippen LogP contribution >= 0.6 is 0 Å². The minimum atomic E-state index is 0.202. The van der Waals surface area contributed by atoms with Crippen LogP contribution in [0, 0.1) is 5.92 Å². The Kier molecular flexibility index (Phi) is 1.52. The molecule has 2 heterocycles. The molecule has 0 aromatic carbocycles. The van der Waals surface area contributed by atoms with E-state index in [2.05, 4.69) is 18.7 Å².